The minimum atomic E-state index is -1.97. The fourth-order valence-corrected chi connectivity index (χ4v) is 12.5. The van der Waals surface area contributed by atoms with E-state index in [2.05, 4.69) is 0 Å². The lowest BCUT2D eigenvalue weighted by Crippen LogP contribution is -2.56. The predicted molar refractivity (Wildman–Crippen MR) is 303 cm³/mol. The van der Waals surface area contributed by atoms with Gasteiger partial charge in [0.15, 0.2) is 48.9 Å². The SMILES string of the molecule is CCCC(=O)O[C@H](C)[C@H](O)C(=O)[C@@H](OC)[C@@H]1Cc2cc3cc(O[C@H]4C[C@@H](O[C@H]5C[C@@H](O)[C@@H](OC)C(C)O5)[C@@H](OC(C)=O)C(C)O4)c(C)c(O)c3c(O)c2C(=O)[C@H]1O[C@H]1C[C@@H](O[C@H]2C[C@@H](O[C@H](O)C[C@@](C)(O)[C@H](CC)OC(C)=O)[C@H](O)C(C)O2)[C@H](O)C(C)O1. The third-order valence-electron chi connectivity index (χ3n) is 17.1. The van der Waals surface area contributed by atoms with Crippen molar-refractivity contribution in [3.8, 4) is 17.2 Å². The van der Waals surface area contributed by atoms with Gasteiger partial charge in [0, 0.05) is 78.1 Å². The molecule has 24 atom stereocenters. The van der Waals surface area contributed by atoms with Crippen molar-refractivity contribution in [2.45, 2.75) is 275 Å². The van der Waals surface area contributed by atoms with Crippen LogP contribution in [0.4, 0.5) is 0 Å². The topological polar surface area (TPSA) is 376 Å². The Hall–Kier alpha value is -4.79. The van der Waals surface area contributed by atoms with Gasteiger partial charge in [-0.15, -0.1) is 0 Å². The summed E-state index contributed by atoms with van der Waals surface area (Å²) in [6.07, 6.45) is -26.2. The summed E-state index contributed by atoms with van der Waals surface area (Å²) in [7, 11) is 2.63. The van der Waals surface area contributed by atoms with Gasteiger partial charge in [-0.05, 0) is 90.8 Å². The highest BCUT2D eigenvalue weighted by atomic mass is 16.7. The Morgan fingerprint density at radius 2 is 1.33 bits per heavy atom. The summed E-state index contributed by atoms with van der Waals surface area (Å²) in [5.74, 6) is -6.17. The quantitative estimate of drug-likeness (QED) is 0.0402. The number of ketones is 2. The zero-order valence-corrected chi connectivity index (χ0v) is 52.1. The number of Topliss-reactive ketones (excluding diaryl/α,β-unsaturated/α-hetero) is 2. The van der Waals surface area contributed by atoms with Crippen LogP contribution >= 0.6 is 0 Å². The number of phenols is 2. The number of rotatable bonds is 25. The molecule has 7 rings (SSSR count). The molecule has 2 aromatic carbocycles. The lowest BCUT2D eigenvalue weighted by Gasteiger charge is -2.44. The fourth-order valence-electron chi connectivity index (χ4n) is 12.5. The van der Waals surface area contributed by atoms with E-state index in [0.29, 0.717) is 6.42 Å². The van der Waals surface area contributed by atoms with Crippen molar-refractivity contribution in [3.05, 3.63) is 28.8 Å². The molecule has 4 heterocycles. The standard InChI is InChI=1S/C61H90O27/c1-14-16-42(65)77-28(6)53(70)56(73)59(76-13)35-18-33-17-34-19-37(85-46-23-40(58(30(8)81-46)83-32(10)63)87-44-20-36(64)57(75-12)29(7)80-44)25(3)50(67)48(34)54(71)49(33)55(72)60(35)88-47-22-39(52(69)27(5)79-47)86-45-21-38(51(68)26(4)78-45)84-43(66)24-61(11,74)41(15-2)82-31(9)62/h17,19,26-30,35-36,38-41,43-47,51-53,57-60,64,66-71,74H,14-16,18,20-24H2,1-13H3/t26?,27?,28-,29?,30?,35+,36-,38-,39-,40-,41+,43+,44+,45+,46+,47+,51-,52-,53+,57+,58+,59+,60+,61-/m1/s1. The van der Waals surface area contributed by atoms with E-state index in [0.717, 1.165) is 0 Å². The molecule has 27 nitrogen and oxygen atoms in total. The second-order valence-electron chi connectivity index (χ2n) is 24.0. The van der Waals surface area contributed by atoms with Crippen molar-refractivity contribution in [1.82, 2.24) is 0 Å². The fraction of sp³-hybridized carbons (Fsp3) is 0.754. The van der Waals surface area contributed by atoms with E-state index >= 15 is 4.79 Å². The molecule has 0 radical (unpaired) electrons. The summed E-state index contributed by atoms with van der Waals surface area (Å²) in [5, 5.41) is 91.4. The van der Waals surface area contributed by atoms with Gasteiger partial charge < -0.3 is 107 Å². The third-order valence-corrected chi connectivity index (χ3v) is 17.1. The van der Waals surface area contributed by atoms with E-state index in [1.165, 1.54) is 74.8 Å². The highest BCUT2D eigenvalue weighted by Crippen LogP contribution is 2.48. The summed E-state index contributed by atoms with van der Waals surface area (Å²) in [5.41, 5.74) is -1.76. The predicted octanol–water partition coefficient (Wildman–Crippen LogP) is 2.88. The smallest absolute Gasteiger partial charge is 0.306 e. The second-order valence-corrected chi connectivity index (χ2v) is 24.0. The minimum absolute atomic E-state index is 0.00573. The van der Waals surface area contributed by atoms with Crippen LogP contribution in [0.25, 0.3) is 10.8 Å². The first-order chi connectivity index (χ1) is 41.4. The molecule has 0 spiro atoms. The monoisotopic (exact) mass is 1250 g/mol. The first-order valence-electron chi connectivity index (χ1n) is 30.1. The number of ether oxygens (including phenoxy) is 14. The van der Waals surface area contributed by atoms with Crippen molar-refractivity contribution in [3.63, 3.8) is 0 Å². The van der Waals surface area contributed by atoms with Crippen LogP contribution in [0.5, 0.6) is 17.2 Å². The zero-order valence-electron chi connectivity index (χ0n) is 52.1. The summed E-state index contributed by atoms with van der Waals surface area (Å²) in [6, 6.07) is 3.02. The van der Waals surface area contributed by atoms with E-state index in [-0.39, 0.29) is 78.2 Å². The first kappa shape index (κ1) is 70.7. The average Bonchev–Trinajstić information content (AvgIpc) is 0.767. The summed E-state index contributed by atoms with van der Waals surface area (Å²) in [6.45, 7) is 16.5. The molecule has 4 aliphatic heterocycles. The van der Waals surface area contributed by atoms with Crippen LogP contribution in [0.2, 0.25) is 0 Å². The molecule has 0 aromatic heterocycles. The number of fused-ring (bicyclic) bond motifs is 2. The second kappa shape index (κ2) is 30.1. The molecule has 0 saturated carbocycles. The van der Waals surface area contributed by atoms with Gasteiger partial charge in [0.1, 0.15) is 71.7 Å². The summed E-state index contributed by atoms with van der Waals surface area (Å²) >= 11 is 0. The largest absolute Gasteiger partial charge is 0.507 e. The molecule has 27 heteroatoms. The number of carbonyl (C=O) groups is 5. The van der Waals surface area contributed by atoms with Gasteiger partial charge in [-0.3, -0.25) is 24.0 Å². The number of carbonyl (C=O) groups excluding carboxylic acids is 5. The lowest BCUT2D eigenvalue weighted by molar-refractivity contribution is -0.320. The van der Waals surface area contributed by atoms with Crippen molar-refractivity contribution >= 4 is 40.2 Å². The van der Waals surface area contributed by atoms with E-state index in [4.69, 9.17) is 66.3 Å². The van der Waals surface area contributed by atoms with Gasteiger partial charge in [-0.1, -0.05) is 13.8 Å². The van der Waals surface area contributed by atoms with E-state index in [9.17, 15) is 60.0 Å². The molecule has 1 aliphatic carbocycles. The highest BCUT2D eigenvalue weighted by molar-refractivity contribution is 6.11. The minimum Gasteiger partial charge on any atom is -0.507 e. The Labute approximate surface area is 510 Å². The number of aliphatic hydroxyl groups is 6. The van der Waals surface area contributed by atoms with Crippen LogP contribution in [0.1, 0.15) is 142 Å². The average molecular weight is 1260 g/mol. The molecule has 4 fully saturated rings. The molecule has 88 heavy (non-hydrogen) atoms. The van der Waals surface area contributed by atoms with Crippen molar-refractivity contribution in [2.24, 2.45) is 5.92 Å². The molecule has 0 amide bonds. The van der Waals surface area contributed by atoms with Gasteiger partial charge in [0.05, 0.1) is 53.7 Å². The maximum Gasteiger partial charge on any atom is 0.306 e. The normalized spacial score (nSPS) is 34.3. The van der Waals surface area contributed by atoms with E-state index in [1.807, 2.05) is 0 Å². The molecular formula is C61H90O27. The summed E-state index contributed by atoms with van der Waals surface area (Å²) in [4.78, 5) is 66.4. The molecule has 4 unspecified atom stereocenters. The lowest BCUT2D eigenvalue weighted by atomic mass is 9.75. The van der Waals surface area contributed by atoms with Crippen molar-refractivity contribution < 1.29 is 131 Å². The Bertz CT molecular complexity index is 2730. The number of hydrogen-bond acceptors (Lipinski definition) is 27. The van der Waals surface area contributed by atoms with Crippen LogP contribution < -0.4 is 4.74 Å². The number of esters is 3. The van der Waals surface area contributed by atoms with Crippen molar-refractivity contribution in [2.75, 3.05) is 14.2 Å². The Morgan fingerprint density at radius 3 is 1.93 bits per heavy atom. The van der Waals surface area contributed by atoms with Crippen LogP contribution in [0, 0.1) is 12.8 Å². The number of benzene rings is 2. The Kier molecular flexibility index (Phi) is 24.2. The molecule has 5 aliphatic rings. The van der Waals surface area contributed by atoms with Crippen LogP contribution in [-0.2, 0) is 87.2 Å². The van der Waals surface area contributed by atoms with Gasteiger partial charge in [0.25, 0.3) is 0 Å². The number of phenolic OH excluding ortho intramolecular Hbond substituents is 2. The molecule has 4 saturated heterocycles. The van der Waals surface area contributed by atoms with E-state index < -0.39 is 194 Å². The van der Waals surface area contributed by atoms with Gasteiger partial charge in [-0.25, -0.2) is 0 Å². The summed E-state index contributed by atoms with van der Waals surface area (Å²) < 4.78 is 83.4. The third kappa shape index (κ3) is 16.3. The van der Waals surface area contributed by atoms with Gasteiger partial charge in [0.2, 0.25) is 6.29 Å². The van der Waals surface area contributed by atoms with Crippen LogP contribution in [0.3, 0.4) is 0 Å². The number of hydrogen-bond donors (Lipinski definition) is 8. The molecule has 0 bridgehead atoms. The van der Waals surface area contributed by atoms with Gasteiger partial charge in [-0.2, -0.15) is 0 Å². The number of methoxy groups -OCH3 is 2. The number of aliphatic hydroxyl groups excluding tert-OH is 5. The Balaban J connectivity index is 1.17. The van der Waals surface area contributed by atoms with Crippen LogP contribution in [-0.4, -0.2) is 225 Å². The maximum atomic E-state index is 15.3. The van der Waals surface area contributed by atoms with E-state index in [1.54, 1.807) is 27.7 Å². The van der Waals surface area contributed by atoms with Gasteiger partial charge >= 0.3 is 17.9 Å². The van der Waals surface area contributed by atoms with Crippen LogP contribution in [0.15, 0.2) is 12.1 Å². The zero-order chi connectivity index (χ0) is 65.0. The Morgan fingerprint density at radius 1 is 0.750 bits per heavy atom. The molecular weight excluding hydrogens is 1160 g/mol. The maximum absolute atomic E-state index is 15.3. The first-order valence-corrected chi connectivity index (χ1v) is 30.1. The molecule has 2 aromatic rings. The highest BCUT2D eigenvalue weighted by Gasteiger charge is 2.51. The number of aromatic hydroxyl groups is 2. The molecule has 496 valence electrons. The van der Waals surface area contributed by atoms with Crippen molar-refractivity contribution in [1.29, 1.82) is 0 Å². The molecule has 8 N–H and O–H groups in total.